The number of nitriles is 1. The van der Waals surface area contributed by atoms with Crippen molar-refractivity contribution in [1.82, 2.24) is 0 Å². The van der Waals surface area contributed by atoms with Crippen LogP contribution in [-0.4, -0.2) is 19.1 Å². The number of halogens is 2. The van der Waals surface area contributed by atoms with Crippen molar-refractivity contribution >= 4 is 45.2 Å². The molecule has 28 heavy (non-hydrogen) atoms. The Hall–Kier alpha value is -2.49. The second-order valence-electron chi connectivity index (χ2n) is 5.78. The zero-order valence-electron chi connectivity index (χ0n) is 15.8. The summed E-state index contributed by atoms with van der Waals surface area (Å²) in [6.45, 7) is 6.56. The lowest BCUT2D eigenvalue weighted by atomic mass is 10.1. The molecule has 7 heteroatoms. The van der Waals surface area contributed by atoms with Gasteiger partial charge in [0.25, 0.3) is 5.91 Å². The number of rotatable bonds is 7. The van der Waals surface area contributed by atoms with E-state index < -0.39 is 5.91 Å². The molecule has 0 radical (unpaired) electrons. The lowest BCUT2D eigenvalue weighted by molar-refractivity contribution is -0.112. The maximum Gasteiger partial charge on any atom is 0.266 e. The number of amides is 1. The molecule has 146 valence electrons. The minimum absolute atomic E-state index is 0.0461. The maximum atomic E-state index is 12.5. The molecule has 2 aromatic rings. The summed E-state index contributed by atoms with van der Waals surface area (Å²) in [7, 11) is 0. The van der Waals surface area contributed by atoms with E-state index in [9.17, 15) is 10.1 Å². The van der Waals surface area contributed by atoms with Gasteiger partial charge in [0.1, 0.15) is 11.6 Å². The zero-order chi connectivity index (χ0) is 20.7. The molecule has 0 aliphatic heterocycles. The molecule has 2 rings (SSSR count). The summed E-state index contributed by atoms with van der Waals surface area (Å²) in [4.78, 5) is 12.5. The first-order valence-electron chi connectivity index (χ1n) is 8.68. The van der Waals surface area contributed by atoms with Crippen molar-refractivity contribution in [2.45, 2.75) is 20.8 Å². The minimum atomic E-state index is -0.523. The predicted molar refractivity (Wildman–Crippen MR) is 115 cm³/mol. The van der Waals surface area contributed by atoms with Crippen LogP contribution in [0.5, 0.6) is 11.5 Å². The molecule has 0 unspecified atom stereocenters. The third kappa shape index (κ3) is 5.51. The van der Waals surface area contributed by atoms with E-state index in [1.54, 1.807) is 30.3 Å². The van der Waals surface area contributed by atoms with Gasteiger partial charge >= 0.3 is 0 Å². The van der Waals surface area contributed by atoms with Crippen LogP contribution in [0.15, 0.2) is 40.4 Å². The molecule has 0 aromatic heterocycles. The molecule has 1 N–H and O–H groups in total. The van der Waals surface area contributed by atoms with Crippen molar-refractivity contribution in [3.63, 3.8) is 0 Å². The molecule has 0 saturated carbocycles. The van der Waals surface area contributed by atoms with E-state index in [0.29, 0.717) is 45.5 Å². The standard InChI is InChI=1S/C21H20BrClN2O3/c1-4-27-19-10-14(9-17(22)20(19)28-5-2)8-15(12-24)21(26)25-16-7-6-13(3)18(23)11-16/h6-11H,4-5H2,1-3H3,(H,25,26)/b15-8-. The lowest BCUT2D eigenvalue weighted by Gasteiger charge is -2.13. The van der Waals surface area contributed by atoms with Gasteiger partial charge in [-0.3, -0.25) is 4.79 Å². The fourth-order valence-electron chi connectivity index (χ4n) is 2.40. The van der Waals surface area contributed by atoms with Crippen LogP contribution >= 0.6 is 27.5 Å². The number of aryl methyl sites for hydroxylation is 1. The number of carbonyl (C=O) groups is 1. The van der Waals surface area contributed by atoms with Crippen LogP contribution in [0.1, 0.15) is 25.0 Å². The van der Waals surface area contributed by atoms with Crippen LogP contribution in [0.25, 0.3) is 6.08 Å². The highest BCUT2D eigenvalue weighted by Gasteiger charge is 2.14. The number of hydrogen-bond donors (Lipinski definition) is 1. The van der Waals surface area contributed by atoms with E-state index in [-0.39, 0.29) is 5.57 Å². The van der Waals surface area contributed by atoms with Gasteiger partial charge in [-0.15, -0.1) is 0 Å². The Morgan fingerprint density at radius 2 is 1.96 bits per heavy atom. The average molecular weight is 464 g/mol. The topological polar surface area (TPSA) is 71.3 Å². The Kier molecular flexibility index (Phi) is 7.91. The third-order valence-corrected chi connectivity index (χ3v) is 4.72. The van der Waals surface area contributed by atoms with Gasteiger partial charge in [0.15, 0.2) is 11.5 Å². The molecule has 0 saturated heterocycles. The van der Waals surface area contributed by atoms with Crippen LogP contribution in [0.2, 0.25) is 5.02 Å². The van der Waals surface area contributed by atoms with E-state index in [1.807, 2.05) is 26.8 Å². The summed E-state index contributed by atoms with van der Waals surface area (Å²) in [5.74, 6) is 0.595. The zero-order valence-corrected chi connectivity index (χ0v) is 18.1. The average Bonchev–Trinajstić information content (AvgIpc) is 2.65. The molecule has 0 aliphatic rings. The summed E-state index contributed by atoms with van der Waals surface area (Å²) < 4.78 is 11.9. The van der Waals surface area contributed by atoms with Crippen LogP contribution in [0, 0.1) is 18.3 Å². The maximum absolute atomic E-state index is 12.5. The molecule has 0 atom stereocenters. The smallest absolute Gasteiger partial charge is 0.266 e. The van der Waals surface area contributed by atoms with Gasteiger partial charge in [-0.05, 0) is 78.2 Å². The third-order valence-electron chi connectivity index (χ3n) is 3.73. The number of carbonyl (C=O) groups excluding carboxylic acids is 1. The van der Waals surface area contributed by atoms with E-state index in [0.717, 1.165) is 5.56 Å². The predicted octanol–water partition coefficient (Wildman–Crippen LogP) is 5.75. The minimum Gasteiger partial charge on any atom is -0.490 e. The summed E-state index contributed by atoms with van der Waals surface area (Å²) >= 11 is 9.54. The molecule has 1 amide bonds. The quantitative estimate of drug-likeness (QED) is 0.419. The van der Waals surface area contributed by atoms with Gasteiger partial charge in [0.05, 0.1) is 17.7 Å². The van der Waals surface area contributed by atoms with Crippen molar-refractivity contribution in [3.05, 3.63) is 56.5 Å². The van der Waals surface area contributed by atoms with Crippen LogP contribution in [0.4, 0.5) is 5.69 Å². The Labute approximate surface area is 178 Å². The number of ether oxygens (including phenoxy) is 2. The van der Waals surface area contributed by atoms with Gasteiger partial charge in [-0.1, -0.05) is 17.7 Å². The highest BCUT2D eigenvalue weighted by molar-refractivity contribution is 9.10. The fraction of sp³-hybridized carbons (Fsp3) is 0.238. The summed E-state index contributed by atoms with van der Waals surface area (Å²) in [6.07, 6.45) is 1.49. The Balaban J connectivity index is 2.33. The van der Waals surface area contributed by atoms with Crippen LogP contribution < -0.4 is 14.8 Å². The Morgan fingerprint density at radius 1 is 1.25 bits per heavy atom. The largest absolute Gasteiger partial charge is 0.490 e. The lowest BCUT2D eigenvalue weighted by Crippen LogP contribution is -2.13. The highest BCUT2D eigenvalue weighted by atomic mass is 79.9. The Bertz CT molecular complexity index is 951. The van der Waals surface area contributed by atoms with E-state index in [4.69, 9.17) is 21.1 Å². The van der Waals surface area contributed by atoms with Gasteiger partial charge < -0.3 is 14.8 Å². The first-order chi connectivity index (χ1) is 13.4. The molecule has 0 aliphatic carbocycles. The van der Waals surface area contributed by atoms with Crippen LogP contribution in [-0.2, 0) is 4.79 Å². The number of nitrogens with zero attached hydrogens (tertiary/aromatic N) is 1. The van der Waals surface area contributed by atoms with Crippen molar-refractivity contribution in [3.8, 4) is 17.6 Å². The number of hydrogen-bond acceptors (Lipinski definition) is 4. The van der Waals surface area contributed by atoms with Crippen molar-refractivity contribution < 1.29 is 14.3 Å². The molecule has 0 spiro atoms. The first-order valence-corrected chi connectivity index (χ1v) is 9.85. The second kappa shape index (κ2) is 10.2. The van der Waals surface area contributed by atoms with Crippen molar-refractivity contribution in [2.24, 2.45) is 0 Å². The molecule has 0 bridgehead atoms. The summed E-state index contributed by atoms with van der Waals surface area (Å²) in [5, 5.41) is 12.7. The van der Waals surface area contributed by atoms with E-state index in [1.165, 1.54) is 6.08 Å². The number of benzene rings is 2. The molecule has 0 fully saturated rings. The number of nitrogens with one attached hydrogen (secondary N) is 1. The second-order valence-corrected chi connectivity index (χ2v) is 7.05. The SMILES string of the molecule is CCOc1cc(/C=C(/C#N)C(=O)Nc2ccc(C)c(Cl)c2)cc(Br)c1OCC. The van der Waals surface area contributed by atoms with Crippen molar-refractivity contribution in [2.75, 3.05) is 18.5 Å². The first kappa shape index (κ1) is 21.8. The molecular formula is C21H20BrClN2O3. The number of anilines is 1. The summed E-state index contributed by atoms with van der Waals surface area (Å²) in [6, 6.07) is 10.6. The normalized spacial score (nSPS) is 10.9. The van der Waals surface area contributed by atoms with Crippen molar-refractivity contribution in [1.29, 1.82) is 5.26 Å². The monoisotopic (exact) mass is 462 g/mol. The van der Waals surface area contributed by atoms with Gasteiger partial charge in [0.2, 0.25) is 0 Å². The molecule has 2 aromatic carbocycles. The Morgan fingerprint density at radius 3 is 2.57 bits per heavy atom. The van der Waals surface area contributed by atoms with Gasteiger partial charge in [-0.25, -0.2) is 0 Å². The molecular weight excluding hydrogens is 444 g/mol. The highest BCUT2D eigenvalue weighted by Crippen LogP contribution is 2.37. The van der Waals surface area contributed by atoms with Gasteiger partial charge in [0, 0.05) is 10.7 Å². The fourth-order valence-corrected chi connectivity index (χ4v) is 3.16. The van der Waals surface area contributed by atoms with Crippen LogP contribution in [0.3, 0.4) is 0 Å². The van der Waals surface area contributed by atoms with E-state index >= 15 is 0 Å². The molecule has 0 heterocycles. The summed E-state index contributed by atoms with van der Waals surface area (Å²) in [5.41, 5.74) is 2.01. The van der Waals surface area contributed by atoms with Gasteiger partial charge in [-0.2, -0.15) is 5.26 Å². The molecule has 5 nitrogen and oxygen atoms in total. The van der Waals surface area contributed by atoms with E-state index in [2.05, 4.69) is 21.2 Å².